The van der Waals surface area contributed by atoms with E-state index in [2.05, 4.69) is 17.2 Å². The van der Waals surface area contributed by atoms with E-state index in [1.165, 1.54) is 6.20 Å². The summed E-state index contributed by atoms with van der Waals surface area (Å²) >= 11 is 0. The summed E-state index contributed by atoms with van der Waals surface area (Å²) in [7, 11) is 0. The molecule has 0 saturated heterocycles. The Morgan fingerprint density at radius 2 is 2.13 bits per heavy atom. The van der Waals surface area contributed by atoms with E-state index in [4.69, 9.17) is 4.74 Å². The quantitative estimate of drug-likeness (QED) is 0.794. The van der Waals surface area contributed by atoms with Gasteiger partial charge in [0.15, 0.2) is 0 Å². The number of carbonyl (C=O) groups excluding carboxylic acids is 1. The second-order valence-corrected chi connectivity index (χ2v) is 2.76. The number of ether oxygens (including phenoxy) is 1. The van der Waals surface area contributed by atoms with Crippen LogP contribution in [0.2, 0.25) is 0 Å². The molecule has 0 fully saturated rings. The van der Waals surface area contributed by atoms with Crippen LogP contribution in [0.1, 0.15) is 6.92 Å². The van der Waals surface area contributed by atoms with Crippen molar-refractivity contribution in [3.8, 4) is 5.75 Å². The molecular weight excluding hydrogens is 192 g/mol. The van der Waals surface area contributed by atoms with Gasteiger partial charge in [0.05, 0.1) is 6.61 Å². The van der Waals surface area contributed by atoms with Crippen LogP contribution in [0, 0.1) is 0 Å². The third kappa shape index (κ3) is 3.72. The van der Waals surface area contributed by atoms with Crippen LogP contribution in [0.4, 0.5) is 10.5 Å². The first kappa shape index (κ1) is 11.1. The predicted octanol–water partition coefficient (Wildman–Crippen LogP) is 2.35. The van der Waals surface area contributed by atoms with Crippen LogP contribution < -0.4 is 15.4 Å². The van der Waals surface area contributed by atoms with Crippen molar-refractivity contribution in [3.05, 3.63) is 37.0 Å². The van der Waals surface area contributed by atoms with Crippen molar-refractivity contribution in [2.24, 2.45) is 0 Å². The lowest BCUT2D eigenvalue weighted by Crippen LogP contribution is -2.23. The Kier molecular flexibility index (Phi) is 4.22. The minimum Gasteiger partial charge on any atom is -0.494 e. The number of hydrogen-bond donors (Lipinski definition) is 2. The second kappa shape index (κ2) is 5.70. The van der Waals surface area contributed by atoms with E-state index in [0.29, 0.717) is 12.3 Å². The van der Waals surface area contributed by atoms with Crippen LogP contribution in [-0.4, -0.2) is 12.6 Å². The van der Waals surface area contributed by atoms with Gasteiger partial charge in [0.2, 0.25) is 0 Å². The molecule has 0 aliphatic carbocycles. The maximum absolute atomic E-state index is 11.1. The largest absolute Gasteiger partial charge is 0.494 e. The lowest BCUT2D eigenvalue weighted by molar-refractivity contribution is 0.255. The van der Waals surface area contributed by atoms with Crippen molar-refractivity contribution in [2.45, 2.75) is 6.92 Å². The summed E-state index contributed by atoms with van der Waals surface area (Å²) in [5.41, 5.74) is 0.706. The summed E-state index contributed by atoms with van der Waals surface area (Å²) in [5, 5.41) is 5.05. The lowest BCUT2D eigenvalue weighted by atomic mass is 10.3. The molecule has 15 heavy (non-hydrogen) atoms. The fourth-order valence-electron chi connectivity index (χ4n) is 1.06. The Bertz CT molecular complexity index is 333. The molecule has 80 valence electrons. The average molecular weight is 206 g/mol. The van der Waals surface area contributed by atoms with Crippen molar-refractivity contribution in [1.29, 1.82) is 0 Å². The number of amides is 2. The molecule has 1 aromatic carbocycles. The number of nitrogens with one attached hydrogen (secondary N) is 2. The first-order valence-corrected chi connectivity index (χ1v) is 4.67. The molecule has 0 atom stereocenters. The van der Waals surface area contributed by atoms with Gasteiger partial charge in [-0.05, 0) is 37.4 Å². The average Bonchev–Trinajstić information content (AvgIpc) is 2.22. The molecule has 1 rings (SSSR count). The summed E-state index contributed by atoms with van der Waals surface area (Å²) in [4.78, 5) is 11.1. The van der Waals surface area contributed by atoms with Crippen LogP contribution in [0.25, 0.3) is 0 Å². The third-order valence-corrected chi connectivity index (χ3v) is 1.66. The van der Waals surface area contributed by atoms with Crippen molar-refractivity contribution in [2.75, 3.05) is 11.9 Å². The van der Waals surface area contributed by atoms with Crippen molar-refractivity contribution in [3.63, 3.8) is 0 Å². The number of rotatable bonds is 4. The van der Waals surface area contributed by atoms with Gasteiger partial charge < -0.3 is 15.4 Å². The van der Waals surface area contributed by atoms with E-state index >= 15 is 0 Å². The zero-order valence-electron chi connectivity index (χ0n) is 8.62. The first-order valence-electron chi connectivity index (χ1n) is 4.67. The van der Waals surface area contributed by atoms with E-state index in [1.54, 1.807) is 24.3 Å². The van der Waals surface area contributed by atoms with Crippen LogP contribution in [-0.2, 0) is 0 Å². The Morgan fingerprint density at radius 3 is 2.67 bits per heavy atom. The summed E-state index contributed by atoms with van der Waals surface area (Å²) in [6, 6.07) is 6.83. The number of carbonyl (C=O) groups is 1. The van der Waals surface area contributed by atoms with Crippen LogP contribution in [0.5, 0.6) is 5.75 Å². The zero-order valence-corrected chi connectivity index (χ0v) is 8.62. The highest BCUT2D eigenvalue weighted by molar-refractivity contribution is 5.89. The molecular formula is C11H14N2O2. The summed E-state index contributed by atoms with van der Waals surface area (Å²) in [5.74, 6) is 0.784. The summed E-state index contributed by atoms with van der Waals surface area (Å²) < 4.78 is 5.27. The van der Waals surface area contributed by atoms with Crippen molar-refractivity contribution >= 4 is 11.7 Å². The lowest BCUT2D eigenvalue weighted by Gasteiger charge is -2.06. The highest BCUT2D eigenvalue weighted by Crippen LogP contribution is 2.15. The molecule has 0 saturated carbocycles. The number of hydrogen-bond acceptors (Lipinski definition) is 2. The molecule has 0 heterocycles. The molecule has 0 aromatic heterocycles. The van der Waals surface area contributed by atoms with Crippen LogP contribution in [0.3, 0.4) is 0 Å². The molecule has 4 nitrogen and oxygen atoms in total. The monoisotopic (exact) mass is 206 g/mol. The van der Waals surface area contributed by atoms with Crippen molar-refractivity contribution in [1.82, 2.24) is 5.32 Å². The number of benzene rings is 1. The van der Waals surface area contributed by atoms with E-state index in [-0.39, 0.29) is 6.03 Å². The van der Waals surface area contributed by atoms with Gasteiger partial charge in [-0.2, -0.15) is 0 Å². The Labute approximate surface area is 88.9 Å². The molecule has 2 N–H and O–H groups in total. The topological polar surface area (TPSA) is 50.4 Å². The van der Waals surface area contributed by atoms with Gasteiger partial charge in [0.25, 0.3) is 0 Å². The SMILES string of the molecule is C=CNC(=O)Nc1ccc(OCC)cc1. The van der Waals surface area contributed by atoms with Crippen LogP contribution in [0.15, 0.2) is 37.0 Å². The summed E-state index contributed by atoms with van der Waals surface area (Å²) in [6.45, 7) is 5.94. The van der Waals surface area contributed by atoms with Gasteiger partial charge in [-0.15, -0.1) is 0 Å². The molecule has 0 aliphatic rings. The van der Waals surface area contributed by atoms with E-state index < -0.39 is 0 Å². The fourth-order valence-corrected chi connectivity index (χ4v) is 1.06. The van der Waals surface area contributed by atoms with E-state index in [9.17, 15) is 4.79 Å². The fraction of sp³-hybridized carbons (Fsp3) is 0.182. The Balaban J connectivity index is 2.56. The second-order valence-electron chi connectivity index (χ2n) is 2.76. The minimum absolute atomic E-state index is 0.311. The first-order chi connectivity index (χ1) is 7.26. The molecule has 4 heteroatoms. The third-order valence-electron chi connectivity index (χ3n) is 1.66. The highest BCUT2D eigenvalue weighted by atomic mass is 16.5. The van der Waals surface area contributed by atoms with Crippen LogP contribution >= 0.6 is 0 Å². The predicted molar refractivity (Wildman–Crippen MR) is 60.0 cm³/mol. The number of urea groups is 1. The van der Waals surface area contributed by atoms with E-state index in [0.717, 1.165) is 5.75 Å². The van der Waals surface area contributed by atoms with E-state index in [1.807, 2.05) is 6.92 Å². The van der Waals surface area contributed by atoms with Gasteiger partial charge >= 0.3 is 6.03 Å². The maximum atomic E-state index is 11.1. The Morgan fingerprint density at radius 1 is 1.47 bits per heavy atom. The molecule has 0 spiro atoms. The molecule has 0 radical (unpaired) electrons. The standard InChI is InChI=1S/C11H14N2O2/c1-3-12-11(14)13-9-5-7-10(8-6-9)15-4-2/h3,5-8H,1,4H2,2H3,(H2,12,13,14). The molecule has 1 aromatic rings. The maximum Gasteiger partial charge on any atom is 0.323 e. The summed E-state index contributed by atoms with van der Waals surface area (Å²) in [6.07, 6.45) is 1.32. The number of anilines is 1. The van der Waals surface area contributed by atoms with Gasteiger partial charge in [0, 0.05) is 5.69 Å². The van der Waals surface area contributed by atoms with Gasteiger partial charge in [-0.1, -0.05) is 6.58 Å². The Hall–Kier alpha value is -1.97. The van der Waals surface area contributed by atoms with Gasteiger partial charge in [-0.25, -0.2) is 4.79 Å². The molecule has 0 unspecified atom stereocenters. The normalized spacial score (nSPS) is 9.13. The highest BCUT2D eigenvalue weighted by Gasteiger charge is 1.98. The van der Waals surface area contributed by atoms with Gasteiger partial charge in [0.1, 0.15) is 5.75 Å². The minimum atomic E-state index is -0.311. The smallest absolute Gasteiger partial charge is 0.323 e. The molecule has 2 amide bonds. The van der Waals surface area contributed by atoms with Gasteiger partial charge in [-0.3, -0.25) is 0 Å². The van der Waals surface area contributed by atoms with Crippen molar-refractivity contribution < 1.29 is 9.53 Å². The molecule has 0 bridgehead atoms. The molecule has 0 aliphatic heterocycles. The zero-order chi connectivity index (χ0) is 11.1.